The number of hydrogen-bond acceptors (Lipinski definition) is 3. The van der Waals surface area contributed by atoms with Gasteiger partial charge in [0.25, 0.3) is 0 Å². The van der Waals surface area contributed by atoms with Crippen molar-refractivity contribution in [3.05, 3.63) is 50.4 Å². The third-order valence-corrected chi connectivity index (χ3v) is 4.34. The average Bonchev–Trinajstić information content (AvgIpc) is 2.81. The number of aromatic nitrogens is 1. The Bertz CT molecular complexity index is 507. The quantitative estimate of drug-likeness (QED) is 0.838. The summed E-state index contributed by atoms with van der Waals surface area (Å²) >= 11 is 5.21. The van der Waals surface area contributed by atoms with Gasteiger partial charge in [0.2, 0.25) is 0 Å². The first-order chi connectivity index (χ1) is 9.19. The van der Waals surface area contributed by atoms with Crippen LogP contribution in [0.1, 0.15) is 35.7 Å². The third kappa shape index (κ3) is 4.41. The number of nitrogens with zero attached hydrogens (tertiary/aromatic N) is 1. The van der Waals surface area contributed by atoms with E-state index in [-0.39, 0.29) is 0 Å². The van der Waals surface area contributed by atoms with Crippen LogP contribution in [0, 0.1) is 6.92 Å². The number of aryl methyl sites for hydroxylation is 1. The molecule has 0 saturated carbocycles. The topological polar surface area (TPSA) is 24.9 Å². The maximum absolute atomic E-state index is 4.57. The fourth-order valence-corrected chi connectivity index (χ4v) is 2.92. The van der Waals surface area contributed by atoms with Gasteiger partial charge < -0.3 is 5.32 Å². The first-order valence-electron chi connectivity index (χ1n) is 6.59. The van der Waals surface area contributed by atoms with E-state index in [2.05, 4.69) is 69.7 Å². The van der Waals surface area contributed by atoms with Gasteiger partial charge in [-0.15, -0.1) is 11.3 Å². The molecule has 0 aliphatic carbocycles. The maximum Gasteiger partial charge on any atom is 0.0897 e. The second-order valence-electron chi connectivity index (χ2n) is 4.62. The first-order valence-corrected chi connectivity index (χ1v) is 8.26. The molecule has 1 heterocycles. The van der Waals surface area contributed by atoms with Gasteiger partial charge in [-0.05, 0) is 37.6 Å². The Labute approximate surface area is 127 Å². The van der Waals surface area contributed by atoms with Gasteiger partial charge in [-0.1, -0.05) is 35.0 Å². The maximum atomic E-state index is 4.57. The summed E-state index contributed by atoms with van der Waals surface area (Å²) in [6.45, 7) is 5.28. The molecule has 102 valence electrons. The molecular weight excluding hydrogens is 320 g/mol. The number of thiazole rings is 1. The third-order valence-electron chi connectivity index (χ3n) is 2.99. The minimum atomic E-state index is 0.342. The van der Waals surface area contributed by atoms with Crippen molar-refractivity contribution in [1.29, 1.82) is 0 Å². The van der Waals surface area contributed by atoms with Crippen LogP contribution in [0.25, 0.3) is 0 Å². The van der Waals surface area contributed by atoms with Crippen molar-refractivity contribution in [2.75, 3.05) is 6.54 Å². The van der Waals surface area contributed by atoms with Gasteiger partial charge >= 0.3 is 0 Å². The summed E-state index contributed by atoms with van der Waals surface area (Å²) in [4.78, 5) is 4.57. The van der Waals surface area contributed by atoms with E-state index >= 15 is 0 Å². The Morgan fingerprint density at radius 3 is 2.63 bits per heavy atom. The molecule has 0 aliphatic rings. The normalized spacial score (nSPS) is 12.6. The van der Waals surface area contributed by atoms with E-state index in [4.69, 9.17) is 0 Å². The summed E-state index contributed by atoms with van der Waals surface area (Å²) in [7, 11) is 0. The molecule has 0 bridgehead atoms. The van der Waals surface area contributed by atoms with Gasteiger partial charge in [-0.3, -0.25) is 0 Å². The molecule has 0 aliphatic heterocycles. The monoisotopic (exact) mass is 338 g/mol. The van der Waals surface area contributed by atoms with E-state index < -0.39 is 0 Å². The van der Waals surface area contributed by atoms with E-state index in [1.54, 1.807) is 11.3 Å². The van der Waals surface area contributed by atoms with Crippen LogP contribution in [-0.2, 0) is 6.42 Å². The van der Waals surface area contributed by atoms with Crippen molar-refractivity contribution in [2.45, 2.75) is 32.7 Å². The molecule has 0 spiro atoms. The average molecular weight is 339 g/mol. The predicted molar refractivity (Wildman–Crippen MR) is 85.7 cm³/mol. The Kier molecular flexibility index (Phi) is 5.55. The molecular formula is C15H19BrN2S. The lowest BCUT2D eigenvalue weighted by Gasteiger charge is -2.18. The lowest BCUT2D eigenvalue weighted by molar-refractivity contribution is 0.525. The van der Waals surface area contributed by atoms with Crippen molar-refractivity contribution < 1.29 is 0 Å². The molecule has 0 amide bonds. The molecule has 2 nitrogen and oxygen atoms in total. The number of hydrogen-bond donors (Lipinski definition) is 1. The van der Waals surface area contributed by atoms with Crippen LogP contribution in [0.2, 0.25) is 0 Å². The van der Waals surface area contributed by atoms with E-state index in [0.717, 1.165) is 28.9 Å². The molecule has 0 radical (unpaired) electrons. The SMILES string of the molecule is CCCNC(Cc1csc(C)n1)c1ccc(Br)cc1. The fourth-order valence-electron chi connectivity index (χ4n) is 2.03. The Morgan fingerprint density at radius 2 is 2.05 bits per heavy atom. The van der Waals surface area contributed by atoms with Gasteiger partial charge in [-0.25, -0.2) is 4.98 Å². The van der Waals surface area contributed by atoms with Crippen molar-refractivity contribution in [2.24, 2.45) is 0 Å². The molecule has 2 aromatic rings. The molecule has 4 heteroatoms. The van der Waals surface area contributed by atoms with Gasteiger partial charge in [0.1, 0.15) is 0 Å². The largest absolute Gasteiger partial charge is 0.310 e. The highest BCUT2D eigenvalue weighted by molar-refractivity contribution is 9.10. The summed E-state index contributed by atoms with van der Waals surface area (Å²) in [5.74, 6) is 0. The minimum Gasteiger partial charge on any atom is -0.310 e. The molecule has 1 N–H and O–H groups in total. The molecule has 1 atom stereocenters. The van der Waals surface area contributed by atoms with Gasteiger partial charge in [0.05, 0.1) is 10.7 Å². The van der Waals surface area contributed by atoms with Crippen molar-refractivity contribution in [1.82, 2.24) is 10.3 Å². The van der Waals surface area contributed by atoms with E-state index in [9.17, 15) is 0 Å². The lowest BCUT2D eigenvalue weighted by atomic mass is 10.0. The van der Waals surface area contributed by atoms with Crippen molar-refractivity contribution in [3.8, 4) is 0 Å². The summed E-state index contributed by atoms with van der Waals surface area (Å²) in [5, 5.41) is 6.91. The first kappa shape index (κ1) is 14.7. The predicted octanol–water partition coefficient (Wildman–Crippen LogP) is 4.50. The second kappa shape index (κ2) is 7.17. The highest BCUT2D eigenvalue weighted by Gasteiger charge is 2.13. The zero-order valence-corrected chi connectivity index (χ0v) is 13.7. The van der Waals surface area contributed by atoms with E-state index in [0.29, 0.717) is 6.04 Å². The second-order valence-corrected chi connectivity index (χ2v) is 6.60. The van der Waals surface area contributed by atoms with E-state index in [1.165, 1.54) is 11.3 Å². The number of nitrogens with one attached hydrogen (secondary N) is 1. The van der Waals surface area contributed by atoms with Crippen LogP contribution < -0.4 is 5.32 Å². The van der Waals surface area contributed by atoms with Crippen molar-refractivity contribution in [3.63, 3.8) is 0 Å². The van der Waals surface area contributed by atoms with Gasteiger partial charge in [-0.2, -0.15) is 0 Å². The molecule has 2 rings (SSSR count). The molecule has 19 heavy (non-hydrogen) atoms. The molecule has 1 unspecified atom stereocenters. The van der Waals surface area contributed by atoms with Crippen LogP contribution >= 0.6 is 27.3 Å². The zero-order valence-electron chi connectivity index (χ0n) is 11.3. The van der Waals surface area contributed by atoms with Crippen LogP contribution in [0.5, 0.6) is 0 Å². The Balaban J connectivity index is 2.13. The number of rotatable bonds is 6. The molecule has 0 saturated heterocycles. The Hall–Kier alpha value is -0.710. The van der Waals surface area contributed by atoms with Crippen LogP contribution in [0.3, 0.4) is 0 Å². The zero-order chi connectivity index (χ0) is 13.7. The van der Waals surface area contributed by atoms with Crippen LogP contribution in [0.15, 0.2) is 34.1 Å². The van der Waals surface area contributed by atoms with Crippen LogP contribution in [0.4, 0.5) is 0 Å². The Morgan fingerprint density at radius 1 is 1.32 bits per heavy atom. The molecule has 1 aromatic heterocycles. The van der Waals surface area contributed by atoms with Gasteiger partial charge in [0, 0.05) is 22.3 Å². The highest BCUT2D eigenvalue weighted by atomic mass is 79.9. The van der Waals surface area contributed by atoms with Gasteiger partial charge in [0.15, 0.2) is 0 Å². The minimum absolute atomic E-state index is 0.342. The van der Waals surface area contributed by atoms with E-state index in [1.807, 2.05) is 0 Å². The summed E-state index contributed by atoms with van der Waals surface area (Å²) in [6, 6.07) is 8.90. The highest BCUT2D eigenvalue weighted by Crippen LogP contribution is 2.21. The fraction of sp³-hybridized carbons (Fsp3) is 0.400. The molecule has 1 aromatic carbocycles. The number of halogens is 1. The number of benzene rings is 1. The van der Waals surface area contributed by atoms with Crippen molar-refractivity contribution >= 4 is 27.3 Å². The summed E-state index contributed by atoms with van der Waals surface area (Å²) in [6.07, 6.45) is 2.09. The lowest BCUT2D eigenvalue weighted by Crippen LogP contribution is -2.24. The molecule has 0 fully saturated rings. The summed E-state index contributed by atoms with van der Waals surface area (Å²) < 4.78 is 1.12. The smallest absolute Gasteiger partial charge is 0.0897 e. The summed E-state index contributed by atoms with van der Waals surface area (Å²) in [5.41, 5.74) is 2.50. The standard InChI is InChI=1S/C15H19BrN2S/c1-3-8-17-15(9-14-10-19-11(2)18-14)12-4-6-13(16)7-5-12/h4-7,10,15,17H,3,8-9H2,1-2H3. The van der Waals surface area contributed by atoms with Crippen LogP contribution in [-0.4, -0.2) is 11.5 Å².